The van der Waals surface area contributed by atoms with Crippen LogP contribution < -0.4 is 18.9 Å². The largest absolute Gasteiger partial charge is 0.497 e. The zero-order valence-corrected chi connectivity index (χ0v) is 19.9. The Bertz CT molecular complexity index is 1220. The van der Waals surface area contributed by atoms with Crippen LogP contribution in [0.15, 0.2) is 64.9 Å². The molecule has 0 saturated carbocycles. The Morgan fingerprint density at radius 3 is 2.66 bits per heavy atom. The van der Waals surface area contributed by atoms with Crippen molar-refractivity contribution >= 4 is 23.7 Å². The SMILES string of the molecule is CCOc1cc(/C=C2\C(=N)N3OC(C)=CC3=NC2=O)ccc1OCCCOc1cccc(OC)c1. The number of ether oxygens (including phenoxy) is 4. The molecule has 0 atom stereocenters. The molecular weight excluding hydrogens is 450 g/mol. The normalized spacial score (nSPS) is 15.9. The molecule has 0 unspecified atom stereocenters. The van der Waals surface area contributed by atoms with Crippen LogP contribution in [-0.4, -0.2) is 49.6 Å². The minimum Gasteiger partial charge on any atom is -0.497 e. The summed E-state index contributed by atoms with van der Waals surface area (Å²) in [7, 11) is 1.62. The van der Waals surface area contributed by atoms with Gasteiger partial charge in [-0.1, -0.05) is 12.1 Å². The molecule has 0 aromatic heterocycles. The molecule has 9 nitrogen and oxygen atoms in total. The molecule has 0 radical (unpaired) electrons. The second-order valence-electron chi connectivity index (χ2n) is 7.69. The molecule has 182 valence electrons. The summed E-state index contributed by atoms with van der Waals surface area (Å²) < 4.78 is 22.6. The van der Waals surface area contributed by atoms with Crippen LogP contribution in [0.25, 0.3) is 6.08 Å². The Morgan fingerprint density at radius 1 is 1.06 bits per heavy atom. The highest BCUT2D eigenvalue weighted by molar-refractivity contribution is 6.32. The Hall–Kier alpha value is -4.27. The van der Waals surface area contributed by atoms with Gasteiger partial charge < -0.3 is 23.8 Å². The Balaban J connectivity index is 1.39. The summed E-state index contributed by atoms with van der Waals surface area (Å²) in [4.78, 5) is 22.0. The highest BCUT2D eigenvalue weighted by Gasteiger charge is 2.34. The summed E-state index contributed by atoms with van der Waals surface area (Å²) in [6, 6.07) is 12.8. The first-order valence-electron chi connectivity index (χ1n) is 11.2. The number of hydrogen-bond donors (Lipinski definition) is 1. The monoisotopic (exact) mass is 477 g/mol. The number of hydrogen-bond acceptors (Lipinski definition) is 7. The third-order valence-electron chi connectivity index (χ3n) is 5.12. The molecular formula is C26H27N3O6. The van der Waals surface area contributed by atoms with Crippen molar-refractivity contribution in [1.82, 2.24) is 5.06 Å². The van der Waals surface area contributed by atoms with E-state index in [-0.39, 0.29) is 11.4 Å². The van der Waals surface area contributed by atoms with Gasteiger partial charge in [0, 0.05) is 18.6 Å². The number of methoxy groups -OCH3 is 1. The van der Waals surface area contributed by atoms with Gasteiger partial charge in [-0.25, -0.2) is 0 Å². The standard InChI is InChI=1S/C26H27N3O6/c1-4-32-23-15-18(14-21-25(27)29-24(28-26(21)30)13-17(2)35-29)9-10-22(23)34-12-6-11-33-20-8-5-7-19(16-20)31-3/h5,7-10,13-16,27H,4,6,11-12H2,1-3H3/b21-14+,27-25?. The summed E-state index contributed by atoms with van der Waals surface area (Å²) in [5.74, 6) is 2.93. The number of amides is 1. The maximum absolute atomic E-state index is 12.5. The maximum atomic E-state index is 12.5. The Kier molecular flexibility index (Phi) is 7.35. The van der Waals surface area contributed by atoms with Gasteiger partial charge in [0.1, 0.15) is 17.3 Å². The molecule has 0 spiro atoms. The summed E-state index contributed by atoms with van der Waals surface area (Å²) >= 11 is 0. The van der Waals surface area contributed by atoms with Crippen molar-refractivity contribution in [3.8, 4) is 23.0 Å². The van der Waals surface area contributed by atoms with Gasteiger partial charge in [-0.3, -0.25) is 10.2 Å². The second kappa shape index (κ2) is 10.8. The third kappa shape index (κ3) is 5.63. The number of benzene rings is 2. The summed E-state index contributed by atoms with van der Waals surface area (Å²) in [6.07, 6.45) is 3.88. The lowest BCUT2D eigenvalue weighted by Gasteiger charge is -2.23. The van der Waals surface area contributed by atoms with Crippen LogP contribution in [0.5, 0.6) is 23.0 Å². The minimum atomic E-state index is -0.495. The minimum absolute atomic E-state index is 0.0672. The Morgan fingerprint density at radius 2 is 1.86 bits per heavy atom. The number of nitrogens with one attached hydrogen (secondary N) is 1. The van der Waals surface area contributed by atoms with Gasteiger partial charge in [0.15, 0.2) is 23.2 Å². The average Bonchev–Trinajstić information content (AvgIpc) is 3.23. The van der Waals surface area contributed by atoms with Crippen LogP contribution in [0.3, 0.4) is 0 Å². The van der Waals surface area contributed by atoms with Crippen LogP contribution in [-0.2, 0) is 9.63 Å². The van der Waals surface area contributed by atoms with E-state index < -0.39 is 5.91 Å². The molecule has 0 fully saturated rings. The van der Waals surface area contributed by atoms with E-state index >= 15 is 0 Å². The van der Waals surface area contributed by atoms with Gasteiger partial charge in [-0.15, -0.1) is 5.06 Å². The maximum Gasteiger partial charge on any atom is 0.282 e. The molecule has 2 aromatic rings. The average molecular weight is 478 g/mol. The molecule has 2 aliphatic rings. The topological polar surface area (TPSA) is 103 Å². The molecule has 0 saturated heterocycles. The quantitative estimate of drug-likeness (QED) is 0.400. The number of nitrogens with zero attached hydrogens (tertiary/aromatic N) is 2. The lowest BCUT2D eigenvalue weighted by atomic mass is 10.1. The number of amidine groups is 2. The summed E-state index contributed by atoms with van der Waals surface area (Å²) in [6.45, 7) is 4.99. The molecule has 9 heteroatoms. The molecule has 2 aliphatic heterocycles. The first kappa shape index (κ1) is 23.9. The van der Waals surface area contributed by atoms with Crippen molar-refractivity contribution < 1.29 is 28.6 Å². The van der Waals surface area contributed by atoms with E-state index in [9.17, 15) is 4.79 Å². The van der Waals surface area contributed by atoms with E-state index in [1.807, 2.05) is 31.2 Å². The lowest BCUT2D eigenvalue weighted by molar-refractivity contribution is -0.114. The van der Waals surface area contributed by atoms with Crippen molar-refractivity contribution in [1.29, 1.82) is 5.41 Å². The second-order valence-corrected chi connectivity index (χ2v) is 7.69. The number of allylic oxidation sites excluding steroid dienone is 1. The predicted octanol–water partition coefficient (Wildman–Crippen LogP) is 4.39. The molecule has 2 heterocycles. The third-order valence-corrected chi connectivity index (χ3v) is 5.12. The predicted molar refractivity (Wildman–Crippen MR) is 131 cm³/mol. The van der Waals surface area contributed by atoms with Gasteiger partial charge in [0.25, 0.3) is 5.91 Å². The number of carbonyl (C=O) groups is 1. The van der Waals surface area contributed by atoms with Crippen LogP contribution in [0.2, 0.25) is 0 Å². The molecule has 4 rings (SSSR count). The van der Waals surface area contributed by atoms with Crippen molar-refractivity contribution in [3.63, 3.8) is 0 Å². The van der Waals surface area contributed by atoms with E-state index in [4.69, 9.17) is 29.2 Å². The van der Waals surface area contributed by atoms with Crippen molar-refractivity contribution in [2.24, 2.45) is 4.99 Å². The van der Waals surface area contributed by atoms with E-state index in [1.54, 1.807) is 44.4 Å². The van der Waals surface area contributed by atoms with Gasteiger partial charge in [-0.2, -0.15) is 4.99 Å². The van der Waals surface area contributed by atoms with Crippen LogP contribution in [0.4, 0.5) is 0 Å². The number of fused-ring (bicyclic) bond motifs is 1. The fourth-order valence-electron chi connectivity index (χ4n) is 3.49. The van der Waals surface area contributed by atoms with Crippen molar-refractivity contribution in [3.05, 3.63) is 65.4 Å². The van der Waals surface area contributed by atoms with Gasteiger partial charge in [-0.05, 0) is 49.8 Å². The first-order valence-corrected chi connectivity index (χ1v) is 11.2. The fourth-order valence-corrected chi connectivity index (χ4v) is 3.49. The molecule has 1 amide bonds. The lowest BCUT2D eigenvalue weighted by Crippen LogP contribution is -2.38. The summed E-state index contributed by atoms with van der Waals surface area (Å²) in [5.41, 5.74) is 0.806. The highest BCUT2D eigenvalue weighted by Crippen LogP contribution is 2.31. The van der Waals surface area contributed by atoms with Crippen molar-refractivity contribution in [2.45, 2.75) is 20.3 Å². The van der Waals surface area contributed by atoms with Crippen LogP contribution in [0, 0.1) is 5.41 Å². The van der Waals surface area contributed by atoms with Crippen molar-refractivity contribution in [2.75, 3.05) is 26.9 Å². The number of aliphatic imine (C=N–C) groups is 1. The van der Waals surface area contributed by atoms with Gasteiger partial charge >= 0.3 is 0 Å². The number of carbonyl (C=O) groups excluding carboxylic acids is 1. The molecule has 35 heavy (non-hydrogen) atoms. The number of rotatable bonds is 10. The molecule has 0 bridgehead atoms. The smallest absolute Gasteiger partial charge is 0.282 e. The number of hydroxylamine groups is 2. The zero-order chi connectivity index (χ0) is 24.8. The summed E-state index contributed by atoms with van der Waals surface area (Å²) in [5, 5.41) is 9.59. The highest BCUT2D eigenvalue weighted by atomic mass is 16.7. The fraction of sp³-hybridized carbons (Fsp3) is 0.269. The molecule has 2 aromatic carbocycles. The molecule has 1 N–H and O–H groups in total. The first-order chi connectivity index (χ1) is 17.0. The molecule has 0 aliphatic carbocycles. The van der Waals surface area contributed by atoms with Crippen LogP contribution in [0.1, 0.15) is 25.8 Å². The Labute approximate surface area is 203 Å². The van der Waals surface area contributed by atoms with E-state index in [0.29, 0.717) is 54.9 Å². The van der Waals surface area contributed by atoms with Crippen LogP contribution >= 0.6 is 0 Å². The van der Waals surface area contributed by atoms with Gasteiger partial charge in [0.2, 0.25) is 0 Å². The van der Waals surface area contributed by atoms with E-state index in [0.717, 1.165) is 11.5 Å². The zero-order valence-electron chi connectivity index (χ0n) is 19.9. The van der Waals surface area contributed by atoms with E-state index in [2.05, 4.69) is 4.99 Å². The van der Waals surface area contributed by atoms with Gasteiger partial charge in [0.05, 0.1) is 32.5 Å². The van der Waals surface area contributed by atoms with E-state index in [1.165, 1.54) is 5.06 Å².